The summed E-state index contributed by atoms with van der Waals surface area (Å²) in [5.41, 5.74) is 4.39. The second-order valence-corrected chi connectivity index (χ2v) is 11.8. The van der Waals surface area contributed by atoms with Gasteiger partial charge in [-0.2, -0.15) is 0 Å². The number of hydrogen-bond acceptors (Lipinski definition) is 6. The van der Waals surface area contributed by atoms with Gasteiger partial charge in [0.2, 0.25) is 0 Å². The van der Waals surface area contributed by atoms with Gasteiger partial charge in [0.05, 0.1) is 27.3 Å². The molecule has 0 radical (unpaired) electrons. The van der Waals surface area contributed by atoms with Crippen LogP contribution in [0.25, 0.3) is 18.2 Å². The highest BCUT2D eigenvalue weighted by atomic mass is 16.5. The smallest absolute Gasteiger partial charge is 0.276 e. The number of Topliss-reactive ketones (excluding diaryl/α,β-unsaturated/α-hetero) is 1. The number of piperidine rings is 1. The minimum atomic E-state index is -0.300. The maximum Gasteiger partial charge on any atom is 0.276 e. The van der Waals surface area contributed by atoms with Crippen molar-refractivity contribution in [3.63, 3.8) is 0 Å². The molecule has 0 bridgehead atoms. The first kappa shape index (κ1) is 29.8. The first-order valence-electron chi connectivity index (χ1n) is 14.5. The van der Waals surface area contributed by atoms with Crippen molar-refractivity contribution in [1.29, 1.82) is 0 Å². The van der Waals surface area contributed by atoms with Crippen LogP contribution in [0.5, 0.6) is 11.5 Å². The standard InChI is InChI=1S/C36H38N2O5/c1-24-7-6-18-36(2,3)32(24)17-16-31-21-33(37-43-31)35(40)38-22-27(19-25-8-12-29(41-4)13-9-25)34(39)28(23-38)20-26-10-14-30(42-5)15-11-26/h7-17,19-21,32H,6,18,22-23H2,1-5H3/b17-16+,27-19+,28-20+. The Balaban J connectivity index is 1.42. The summed E-state index contributed by atoms with van der Waals surface area (Å²) in [6.45, 7) is 7.03. The quantitative estimate of drug-likeness (QED) is 0.217. The lowest BCUT2D eigenvalue weighted by Gasteiger charge is -2.36. The zero-order chi connectivity index (χ0) is 30.6. The van der Waals surface area contributed by atoms with Crippen LogP contribution in [0.2, 0.25) is 0 Å². The molecule has 1 aliphatic carbocycles. The third-order valence-electron chi connectivity index (χ3n) is 8.29. The number of methoxy groups -OCH3 is 2. The summed E-state index contributed by atoms with van der Waals surface area (Å²) in [6.07, 6.45) is 12.2. The maximum atomic E-state index is 13.7. The number of ketones is 1. The lowest BCUT2D eigenvalue weighted by Crippen LogP contribution is -2.41. The Bertz CT molecular complexity index is 1530. The minimum absolute atomic E-state index is 0.0991. The lowest BCUT2D eigenvalue weighted by molar-refractivity contribution is -0.113. The number of likely N-dealkylation sites (tertiary alicyclic amines) is 1. The molecule has 2 heterocycles. The van der Waals surface area contributed by atoms with Crippen LogP contribution in [-0.2, 0) is 4.79 Å². The molecule has 1 aliphatic heterocycles. The van der Waals surface area contributed by atoms with E-state index in [1.807, 2.05) is 66.8 Å². The van der Waals surface area contributed by atoms with Gasteiger partial charge in [0.1, 0.15) is 11.5 Å². The molecule has 2 aliphatic rings. The van der Waals surface area contributed by atoms with E-state index in [2.05, 4.69) is 38.1 Å². The van der Waals surface area contributed by atoms with Gasteiger partial charge >= 0.3 is 0 Å². The Labute approximate surface area is 253 Å². The van der Waals surface area contributed by atoms with E-state index >= 15 is 0 Å². The fourth-order valence-electron chi connectivity index (χ4n) is 5.79. The van der Waals surface area contributed by atoms with Crippen LogP contribution in [0.15, 0.2) is 88.0 Å². The highest BCUT2D eigenvalue weighted by Gasteiger charge is 2.32. The van der Waals surface area contributed by atoms with Crippen LogP contribution < -0.4 is 9.47 Å². The fraction of sp³-hybridized carbons (Fsp3) is 0.306. The van der Waals surface area contributed by atoms with Crippen LogP contribution in [0.4, 0.5) is 0 Å². The molecule has 1 atom stereocenters. The summed E-state index contributed by atoms with van der Waals surface area (Å²) in [5.74, 6) is 1.86. The Morgan fingerprint density at radius 2 is 1.51 bits per heavy atom. The predicted octanol–water partition coefficient (Wildman–Crippen LogP) is 7.28. The zero-order valence-corrected chi connectivity index (χ0v) is 25.4. The average molecular weight is 579 g/mol. The third-order valence-corrected chi connectivity index (χ3v) is 8.29. The van der Waals surface area contributed by atoms with Crippen molar-refractivity contribution in [2.75, 3.05) is 27.3 Å². The first-order chi connectivity index (χ1) is 20.7. The lowest BCUT2D eigenvalue weighted by atomic mass is 9.68. The maximum absolute atomic E-state index is 13.7. The molecular formula is C36H38N2O5. The molecule has 1 fully saturated rings. The number of hydrogen-bond donors (Lipinski definition) is 0. The molecule has 222 valence electrons. The van der Waals surface area contributed by atoms with Gasteiger partial charge < -0.3 is 18.9 Å². The van der Waals surface area contributed by atoms with Crippen molar-refractivity contribution in [2.45, 2.75) is 33.6 Å². The SMILES string of the molecule is COc1ccc(/C=C2\CN(C(=O)c3cc(/C=C/C4C(C)=CCCC4(C)C)on3)C/C(=C\c3ccc(OC)cc3)C2=O)cc1. The predicted molar refractivity (Wildman–Crippen MR) is 169 cm³/mol. The summed E-state index contributed by atoms with van der Waals surface area (Å²) in [5, 5.41) is 4.10. The van der Waals surface area contributed by atoms with Gasteiger partial charge in [-0.05, 0) is 78.8 Å². The second kappa shape index (κ2) is 12.7. The van der Waals surface area contributed by atoms with Crippen LogP contribution in [0, 0.1) is 11.3 Å². The van der Waals surface area contributed by atoms with Crippen LogP contribution >= 0.6 is 0 Å². The molecule has 1 saturated heterocycles. The van der Waals surface area contributed by atoms with Gasteiger partial charge in [0.25, 0.3) is 5.91 Å². The van der Waals surface area contributed by atoms with E-state index < -0.39 is 0 Å². The Morgan fingerprint density at radius 3 is 2.02 bits per heavy atom. The van der Waals surface area contributed by atoms with Crippen molar-refractivity contribution in [3.8, 4) is 11.5 Å². The van der Waals surface area contributed by atoms with E-state index in [4.69, 9.17) is 14.0 Å². The van der Waals surface area contributed by atoms with Gasteiger partial charge in [0.15, 0.2) is 17.2 Å². The number of benzene rings is 2. The number of aromatic nitrogens is 1. The van der Waals surface area contributed by atoms with E-state index in [1.54, 1.807) is 25.2 Å². The van der Waals surface area contributed by atoms with Crippen molar-refractivity contribution in [3.05, 3.63) is 106 Å². The number of ether oxygens (including phenoxy) is 2. The Kier molecular flexibility index (Phi) is 8.81. The second-order valence-electron chi connectivity index (χ2n) is 11.8. The van der Waals surface area contributed by atoms with Crippen LogP contribution in [-0.4, -0.2) is 49.1 Å². The van der Waals surface area contributed by atoms with Crippen molar-refractivity contribution in [1.82, 2.24) is 10.1 Å². The van der Waals surface area contributed by atoms with Crippen molar-refractivity contribution in [2.24, 2.45) is 11.3 Å². The van der Waals surface area contributed by atoms with E-state index in [0.29, 0.717) is 16.9 Å². The number of carbonyl (C=O) groups excluding carboxylic acids is 2. The number of amides is 1. The monoisotopic (exact) mass is 578 g/mol. The molecule has 1 unspecified atom stereocenters. The fourth-order valence-corrected chi connectivity index (χ4v) is 5.79. The van der Waals surface area contributed by atoms with E-state index in [1.165, 1.54) is 5.57 Å². The molecule has 1 amide bonds. The molecule has 2 aromatic carbocycles. The molecule has 43 heavy (non-hydrogen) atoms. The van der Waals surface area contributed by atoms with E-state index in [0.717, 1.165) is 35.5 Å². The summed E-state index contributed by atoms with van der Waals surface area (Å²) >= 11 is 0. The van der Waals surface area contributed by atoms with E-state index in [-0.39, 0.29) is 41.8 Å². The Morgan fingerprint density at radius 1 is 0.953 bits per heavy atom. The number of allylic oxidation sites excluding steroid dienone is 3. The largest absolute Gasteiger partial charge is 0.497 e. The number of carbonyl (C=O) groups is 2. The zero-order valence-electron chi connectivity index (χ0n) is 25.4. The highest BCUT2D eigenvalue weighted by Crippen LogP contribution is 2.41. The molecule has 7 heteroatoms. The molecule has 0 spiro atoms. The van der Waals surface area contributed by atoms with Crippen molar-refractivity contribution < 1.29 is 23.6 Å². The molecule has 0 N–H and O–H groups in total. The summed E-state index contributed by atoms with van der Waals surface area (Å²) in [7, 11) is 3.22. The number of nitrogens with zero attached hydrogens (tertiary/aromatic N) is 2. The summed E-state index contributed by atoms with van der Waals surface area (Å²) < 4.78 is 16.1. The summed E-state index contributed by atoms with van der Waals surface area (Å²) in [4.78, 5) is 29.0. The molecule has 7 nitrogen and oxygen atoms in total. The molecule has 3 aromatic rings. The Hall–Kier alpha value is -4.65. The minimum Gasteiger partial charge on any atom is -0.497 e. The van der Waals surface area contributed by atoms with Crippen molar-refractivity contribution >= 4 is 29.9 Å². The van der Waals surface area contributed by atoms with E-state index in [9.17, 15) is 9.59 Å². The third kappa shape index (κ3) is 6.88. The van der Waals surface area contributed by atoms with Gasteiger partial charge in [-0.1, -0.05) is 61.0 Å². The van der Waals surface area contributed by atoms with Crippen LogP contribution in [0.1, 0.15) is 61.0 Å². The average Bonchev–Trinajstić information content (AvgIpc) is 3.48. The molecule has 1 aromatic heterocycles. The number of rotatable bonds is 7. The topological polar surface area (TPSA) is 81.9 Å². The molecule has 5 rings (SSSR count). The normalized spacial score (nSPS) is 20.5. The molecular weight excluding hydrogens is 540 g/mol. The van der Waals surface area contributed by atoms with Gasteiger partial charge in [0, 0.05) is 23.1 Å². The van der Waals surface area contributed by atoms with Crippen LogP contribution in [0.3, 0.4) is 0 Å². The first-order valence-corrected chi connectivity index (χ1v) is 14.5. The van der Waals surface area contributed by atoms with Gasteiger partial charge in [-0.3, -0.25) is 9.59 Å². The van der Waals surface area contributed by atoms with Gasteiger partial charge in [-0.25, -0.2) is 0 Å². The van der Waals surface area contributed by atoms with Gasteiger partial charge in [-0.15, -0.1) is 0 Å². The summed E-state index contributed by atoms with van der Waals surface area (Å²) in [6, 6.07) is 16.6. The molecule has 0 saturated carbocycles. The highest BCUT2D eigenvalue weighted by molar-refractivity contribution is 6.15.